The Kier molecular flexibility index (Phi) is 3.95. The zero-order valence-electron chi connectivity index (χ0n) is 6.89. The number of allylic oxidation sites excluding steroid dienone is 1. The predicted molar refractivity (Wildman–Crippen MR) is 41.6 cm³/mol. The molecule has 62 valence electrons. The molecule has 0 aliphatic rings. The fourth-order valence-electron chi connectivity index (χ4n) is 0.584. The summed E-state index contributed by atoms with van der Waals surface area (Å²) in [7, 11) is 1.51. The van der Waals surface area contributed by atoms with E-state index >= 15 is 0 Å². The highest BCUT2D eigenvalue weighted by Gasteiger charge is 2.05. The van der Waals surface area contributed by atoms with Crippen LogP contribution in [0.5, 0.6) is 0 Å². The Bertz CT molecular complexity index is 197. The second kappa shape index (κ2) is 4.49. The third-order valence-corrected chi connectivity index (χ3v) is 1.07. The number of hydrogen-bond donors (Lipinski definition) is 2. The summed E-state index contributed by atoms with van der Waals surface area (Å²) in [6.45, 7) is 3.03. The Morgan fingerprint density at radius 1 is 1.36 bits per heavy atom. The van der Waals surface area contributed by atoms with Crippen LogP contribution in [0.3, 0.4) is 0 Å². The molecule has 4 nitrogen and oxygen atoms in total. The summed E-state index contributed by atoms with van der Waals surface area (Å²) in [5.41, 5.74) is 0.278. The topological polar surface area (TPSA) is 58.2 Å². The third-order valence-electron chi connectivity index (χ3n) is 1.07. The first kappa shape index (κ1) is 9.68. The van der Waals surface area contributed by atoms with Crippen molar-refractivity contribution in [3.05, 3.63) is 11.8 Å². The maximum atomic E-state index is 10.9. The van der Waals surface area contributed by atoms with Crippen molar-refractivity contribution in [2.24, 2.45) is 0 Å². The zero-order chi connectivity index (χ0) is 8.85. The lowest BCUT2D eigenvalue weighted by molar-refractivity contribution is -0.122. The fourth-order valence-corrected chi connectivity index (χ4v) is 0.584. The van der Waals surface area contributed by atoms with Crippen molar-refractivity contribution in [3.63, 3.8) is 0 Å². The Morgan fingerprint density at radius 2 is 1.91 bits per heavy atom. The molecule has 0 heterocycles. The van der Waals surface area contributed by atoms with Crippen LogP contribution in [-0.2, 0) is 9.59 Å². The van der Waals surface area contributed by atoms with Gasteiger partial charge in [-0.15, -0.1) is 0 Å². The smallest absolute Gasteiger partial charge is 0.267 e. The summed E-state index contributed by atoms with van der Waals surface area (Å²) in [4.78, 5) is 21.4. The van der Waals surface area contributed by atoms with Gasteiger partial charge in [-0.25, -0.2) is 0 Å². The van der Waals surface area contributed by atoms with Crippen LogP contribution in [0, 0.1) is 0 Å². The molecule has 0 aromatic rings. The van der Waals surface area contributed by atoms with Gasteiger partial charge in [0, 0.05) is 14.0 Å². The van der Waals surface area contributed by atoms with Crippen LogP contribution < -0.4 is 10.6 Å². The molecule has 0 saturated carbocycles. The van der Waals surface area contributed by atoms with Crippen LogP contribution in [0.2, 0.25) is 0 Å². The van der Waals surface area contributed by atoms with Crippen LogP contribution in [0.1, 0.15) is 13.8 Å². The second-order valence-corrected chi connectivity index (χ2v) is 1.96. The van der Waals surface area contributed by atoms with Crippen molar-refractivity contribution in [1.82, 2.24) is 10.6 Å². The summed E-state index contributed by atoms with van der Waals surface area (Å²) in [6, 6.07) is 0. The summed E-state index contributed by atoms with van der Waals surface area (Å²) >= 11 is 0. The maximum absolute atomic E-state index is 10.9. The van der Waals surface area contributed by atoms with E-state index in [0.717, 1.165) is 0 Å². The summed E-state index contributed by atoms with van der Waals surface area (Å²) in [5.74, 6) is -0.538. The average Bonchev–Trinajstić information content (AvgIpc) is 1.98. The Balaban J connectivity index is 4.20. The standard InChI is InChI=1S/C7H12N2O2/c1-4-6(7(11)8-3)9-5(2)10/h4H,1-3H3,(H,8,11)(H,9,10)/b6-4-. The van der Waals surface area contributed by atoms with Crippen molar-refractivity contribution in [1.29, 1.82) is 0 Å². The average molecular weight is 156 g/mol. The Morgan fingerprint density at radius 3 is 2.18 bits per heavy atom. The quantitative estimate of drug-likeness (QED) is 0.543. The van der Waals surface area contributed by atoms with Crippen LogP contribution >= 0.6 is 0 Å². The monoisotopic (exact) mass is 156 g/mol. The van der Waals surface area contributed by atoms with Gasteiger partial charge in [-0.1, -0.05) is 6.08 Å². The Labute approximate surface area is 65.7 Å². The number of rotatable bonds is 2. The molecule has 0 spiro atoms. The van der Waals surface area contributed by atoms with Gasteiger partial charge in [0.05, 0.1) is 0 Å². The van der Waals surface area contributed by atoms with Gasteiger partial charge < -0.3 is 10.6 Å². The number of amides is 2. The molecule has 0 unspecified atom stereocenters. The second-order valence-electron chi connectivity index (χ2n) is 1.96. The summed E-state index contributed by atoms with van der Waals surface area (Å²) in [5, 5.41) is 4.79. The number of carbonyl (C=O) groups is 2. The molecule has 0 radical (unpaired) electrons. The normalized spacial score (nSPS) is 10.6. The van der Waals surface area contributed by atoms with E-state index in [2.05, 4.69) is 10.6 Å². The highest BCUT2D eigenvalue weighted by atomic mass is 16.2. The largest absolute Gasteiger partial charge is 0.354 e. The van der Waals surface area contributed by atoms with Gasteiger partial charge in [0.2, 0.25) is 5.91 Å². The van der Waals surface area contributed by atoms with Gasteiger partial charge in [-0.05, 0) is 6.92 Å². The van der Waals surface area contributed by atoms with Gasteiger partial charge in [0.25, 0.3) is 5.91 Å². The van der Waals surface area contributed by atoms with Crippen LogP contribution in [0.4, 0.5) is 0 Å². The molecule has 0 atom stereocenters. The first-order chi connectivity index (χ1) is 5.11. The van der Waals surface area contributed by atoms with Crippen molar-refractivity contribution < 1.29 is 9.59 Å². The number of hydrogen-bond acceptors (Lipinski definition) is 2. The van der Waals surface area contributed by atoms with Gasteiger partial charge in [0.15, 0.2) is 0 Å². The predicted octanol–water partition coefficient (Wildman–Crippen LogP) is -0.228. The molecule has 0 fully saturated rings. The minimum Gasteiger partial charge on any atom is -0.354 e. The van der Waals surface area contributed by atoms with E-state index in [9.17, 15) is 9.59 Å². The molecule has 0 aliphatic carbocycles. The Hall–Kier alpha value is -1.32. The van der Waals surface area contributed by atoms with Gasteiger partial charge in [-0.3, -0.25) is 9.59 Å². The van der Waals surface area contributed by atoms with E-state index in [-0.39, 0.29) is 17.5 Å². The number of nitrogens with one attached hydrogen (secondary N) is 2. The molecule has 0 aliphatic heterocycles. The fraction of sp³-hybridized carbons (Fsp3) is 0.429. The summed E-state index contributed by atoms with van der Waals surface area (Å²) in [6.07, 6.45) is 1.54. The van der Waals surface area contributed by atoms with Crippen molar-refractivity contribution in [2.75, 3.05) is 7.05 Å². The number of carbonyl (C=O) groups excluding carboxylic acids is 2. The lowest BCUT2D eigenvalue weighted by atomic mass is 10.4. The van der Waals surface area contributed by atoms with E-state index in [1.165, 1.54) is 14.0 Å². The molecular weight excluding hydrogens is 144 g/mol. The lowest BCUT2D eigenvalue weighted by Crippen LogP contribution is -2.31. The maximum Gasteiger partial charge on any atom is 0.267 e. The first-order valence-electron chi connectivity index (χ1n) is 3.27. The number of likely N-dealkylation sites (N-methyl/N-ethyl adjacent to an activating group) is 1. The van der Waals surface area contributed by atoms with Gasteiger partial charge >= 0.3 is 0 Å². The van der Waals surface area contributed by atoms with Gasteiger partial charge in [-0.2, -0.15) is 0 Å². The van der Waals surface area contributed by atoms with E-state index in [1.807, 2.05) is 0 Å². The SMILES string of the molecule is C/C=C(\NC(C)=O)C(=O)NC. The molecular formula is C7H12N2O2. The van der Waals surface area contributed by atoms with E-state index in [1.54, 1.807) is 13.0 Å². The van der Waals surface area contributed by atoms with Crippen LogP contribution in [0.25, 0.3) is 0 Å². The minimum atomic E-state index is -0.289. The van der Waals surface area contributed by atoms with Gasteiger partial charge in [0.1, 0.15) is 5.70 Å². The van der Waals surface area contributed by atoms with Crippen molar-refractivity contribution in [3.8, 4) is 0 Å². The van der Waals surface area contributed by atoms with Crippen LogP contribution in [0.15, 0.2) is 11.8 Å². The summed E-state index contributed by atoms with van der Waals surface area (Å²) < 4.78 is 0. The molecule has 4 heteroatoms. The molecule has 0 aromatic carbocycles. The highest BCUT2D eigenvalue weighted by Crippen LogP contribution is 1.87. The third kappa shape index (κ3) is 3.40. The minimum absolute atomic E-state index is 0.248. The molecule has 0 bridgehead atoms. The van der Waals surface area contributed by atoms with Crippen molar-refractivity contribution in [2.45, 2.75) is 13.8 Å². The molecule has 2 amide bonds. The first-order valence-corrected chi connectivity index (χ1v) is 3.27. The van der Waals surface area contributed by atoms with E-state index in [4.69, 9.17) is 0 Å². The van der Waals surface area contributed by atoms with Crippen LogP contribution in [-0.4, -0.2) is 18.9 Å². The van der Waals surface area contributed by atoms with Crippen molar-refractivity contribution >= 4 is 11.8 Å². The zero-order valence-corrected chi connectivity index (χ0v) is 6.89. The lowest BCUT2D eigenvalue weighted by Gasteiger charge is -2.04. The molecule has 0 rings (SSSR count). The van der Waals surface area contributed by atoms with E-state index in [0.29, 0.717) is 0 Å². The van der Waals surface area contributed by atoms with E-state index < -0.39 is 0 Å². The molecule has 2 N–H and O–H groups in total. The highest BCUT2D eigenvalue weighted by molar-refractivity contribution is 5.96. The molecule has 0 saturated heterocycles. The molecule has 0 aromatic heterocycles. The molecule has 11 heavy (non-hydrogen) atoms.